The van der Waals surface area contributed by atoms with E-state index in [0.29, 0.717) is 27.5 Å². The van der Waals surface area contributed by atoms with Crippen molar-refractivity contribution < 1.29 is 9.18 Å². The Kier molecular flexibility index (Phi) is 6.00. The van der Waals surface area contributed by atoms with Crippen LogP contribution in [0.4, 0.5) is 15.2 Å². The summed E-state index contributed by atoms with van der Waals surface area (Å²) < 4.78 is 13.9. The Labute approximate surface area is 156 Å². The van der Waals surface area contributed by atoms with Gasteiger partial charge < -0.3 is 10.2 Å². The number of carbonyl (C=O) groups excluding carboxylic acids is 1. The number of thiophene rings is 1. The molecule has 0 aliphatic heterocycles. The topological polar surface area (TPSA) is 58.1 Å². The van der Waals surface area contributed by atoms with Gasteiger partial charge in [-0.05, 0) is 29.6 Å². The lowest BCUT2D eigenvalue weighted by Gasteiger charge is -2.15. The van der Waals surface area contributed by atoms with Crippen LogP contribution in [0.15, 0.2) is 46.1 Å². The summed E-state index contributed by atoms with van der Waals surface area (Å²) in [6.07, 6.45) is 0. The van der Waals surface area contributed by atoms with Crippen LogP contribution in [-0.4, -0.2) is 33.8 Å². The van der Waals surface area contributed by atoms with E-state index in [2.05, 4.69) is 15.5 Å². The Bertz CT molecular complexity index is 838. The third kappa shape index (κ3) is 5.25. The predicted molar refractivity (Wildman–Crippen MR) is 101 cm³/mol. The minimum atomic E-state index is -0.316. The van der Waals surface area contributed by atoms with Crippen molar-refractivity contribution in [2.24, 2.45) is 0 Å². The summed E-state index contributed by atoms with van der Waals surface area (Å²) >= 11 is 4.31. The molecule has 1 aromatic carbocycles. The predicted octanol–water partition coefficient (Wildman–Crippen LogP) is 4.23. The first-order valence-corrected chi connectivity index (χ1v) is 10.0. The summed E-state index contributed by atoms with van der Waals surface area (Å²) in [5.41, 5.74) is 0.611. The SMILES string of the molecule is CN(Cc1cccs1)C(=O)CSc1nnc(Nc2cccc(F)c2)s1. The zero-order chi connectivity index (χ0) is 17.6. The molecule has 0 aliphatic carbocycles. The van der Waals surface area contributed by atoms with E-state index in [4.69, 9.17) is 0 Å². The summed E-state index contributed by atoms with van der Waals surface area (Å²) in [5, 5.41) is 13.6. The van der Waals surface area contributed by atoms with E-state index in [-0.39, 0.29) is 11.7 Å². The molecule has 0 bridgehead atoms. The number of nitrogens with one attached hydrogen (secondary N) is 1. The second-order valence-corrected chi connectivity index (χ2v) is 8.36. The number of rotatable bonds is 7. The molecular weight excluding hydrogens is 379 g/mol. The highest BCUT2D eigenvalue weighted by molar-refractivity contribution is 8.01. The van der Waals surface area contributed by atoms with E-state index in [1.807, 2.05) is 17.5 Å². The van der Waals surface area contributed by atoms with E-state index in [9.17, 15) is 9.18 Å². The lowest BCUT2D eigenvalue weighted by Crippen LogP contribution is -2.27. The van der Waals surface area contributed by atoms with Crippen LogP contribution in [0.3, 0.4) is 0 Å². The first kappa shape index (κ1) is 17.8. The number of benzene rings is 1. The van der Waals surface area contributed by atoms with Gasteiger partial charge in [-0.2, -0.15) is 0 Å². The third-order valence-electron chi connectivity index (χ3n) is 3.20. The van der Waals surface area contributed by atoms with Gasteiger partial charge in [-0.3, -0.25) is 4.79 Å². The van der Waals surface area contributed by atoms with Crippen LogP contribution in [0.1, 0.15) is 4.88 Å². The number of halogens is 1. The average Bonchev–Trinajstić information content (AvgIpc) is 3.24. The Morgan fingerprint density at radius 3 is 2.96 bits per heavy atom. The van der Waals surface area contributed by atoms with Crippen LogP contribution >= 0.6 is 34.4 Å². The molecule has 5 nitrogen and oxygen atoms in total. The van der Waals surface area contributed by atoms with Crippen molar-refractivity contribution in [1.82, 2.24) is 15.1 Å². The van der Waals surface area contributed by atoms with Gasteiger partial charge in [-0.25, -0.2) is 4.39 Å². The Morgan fingerprint density at radius 1 is 1.32 bits per heavy atom. The van der Waals surface area contributed by atoms with Gasteiger partial charge in [0.15, 0.2) is 4.34 Å². The van der Waals surface area contributed by atoms with Crippen LogP contribution in [0.25, 0.3) is 0 Å². The highest BCUT2D eigenvalue weighted by Crippen LogP contribution is 2.28. The van der Waals surface area contributed by atoms with Crippen molar-refractivity contribution >= 4 is 51.2 Å². The molecule has 130 valence electrons. The first-order valence-electron chi connectivity index (χ1n) is 7.35. The van der Waals surface area contributed by atoms with Crippen molar-refractivity contribution in [3.63, 3.8) is 0 Å². The molecule has 0 fully saturated rings. The van der Waals surface area contributed by atoms with Crippen LogP contribution in [-0.2, 0) is 11.3 Å². The Balaban J connectivity index is 1.50. The molecule has 25 heavy (non-hydrogen) atoms. The summed E-state index contributed by atoms with van der Waals surface area (Å²) in [5.74, 6) is 0.0212. The molecule has 9 heteroatoms. The van der Waals surface area contributed by atoms with Gasteiger partial charge in [0.05, 0.1) is 12.3 Å². The number of amides is 1. The molecule has 1 amide bonds. The molecule has 0 unspecified atom stereocenters. The van der Waals surface area contributed by atoms with Crippen molar-refractivity contribution in [2.75, 3.05) is 18.1 Å². The van der Waals surface area contributed by atoms with Gasteiger partial charge in [0.1, 0.15) is 5.82 Å². The molecule has 3 aromatic rings. The molecule has 2 heterocycles. The number of hydrogen-bond donors (Lipinski definition) is 1. The monoisotopic (exact) mass is 394 g/mol. The van der Waals surface area contributed by atoms with E-state index in [0.717, 1.165) is 4.88 Å². The van der Waals surface area contributed by atoms with E-state index in [1.54, 1.807) is 35.4 Å². The van der Waals surface area contributed by atoms with Crippen molar-refractivity contribution in [3.05, 3.63) is 52.5 Å². The highest BCUT2D eigenvalue weighted by atomic mass is 32.2. The molecule has 0 saturated heterocycles. The summed E-state index contributed by atoms with van der Waals surface area (Å²) in [4.78, 5) is 15.0. The van der Waals surface area contributed by atoms with Gasteiger partial charge in [0, 0.05) is 17.6 Å². The highest BCUT2D eigenvalue weighted by Gasteiger charge is 2.13. The van der Waals surface area contributed by atoms with Gasteiger partial charge in [-0.15, -0.1) is 21.5 Å². The maximum absolute atomic E-state index is 13.2. The molecular formula is C16H15FN4OS3. The summed E-state index contributed by atoms with van der Waals surface area (Å²) in [6, 6.07) is 10.1. The number of thioether (sulfide) groups is 1. The molecule has 0 aliphatic rings. The standard InChI is InChI=1S/C16H15FN4OS3/c1-21(9-13-6-3-7-23-13)14(22)10-24-16-20-19-15(25-16)18-12-5-2-4-11(17)8-12/h2-8H,9-10H2,1H3,(H,18,19). The van der Waals surface area contributed by atoms with Gasteiger partial charge in [-0.1, -0.05) is 35.2 Å². The third-order valence-corrected chi connectivity index (χ3v) is 6.02. The van der Waals surface area contributed by atoms with E-state index < -0.39 is 0 Å². The molecule has 0 atom stereocenters. The maximum atomic E-state index is 13.2. The van der Waals surface area contributed by atoms with Crippen LogP contribution < -0.4 is 5.32 Å². The zero-order valence-corrected chi connectivity index (χ0v) is 15.8. The fourth-order valence-corrected chi connectivity index (χ4v) is 4.44. The maximum Gasteiger partial charge on any atom is 0.233 e. The van der Waals surface area contributed by atoms with Crippen molar-refractivity contribution in [3.8, 4) is 0 Å². The molecule has 3 rings (SSSR count). The molecule has 0 saturated carbocycles. The van der Waals surface area contributed by atoms with Gasteiger partial charge in [0.2, 0.25) is 11.0 Å². The lowest BCUT2D eigenvalue weighted by atomic mass is 10.3. The summed E-state index contributed by atoms with van der Waals surface area (Å²) in [6.45, 7) is 0.611. The number of hydrogen-bond acceptors (Lipinski definition) is 7. The number of carbonyl (C=O) groups is 1. The average molecular weight is 395 g/mol. The first-order chi connectivity index (χ1) is 12.1. The number of aromatic nitrogens is 2. The fraction of sp³-hybridized carbons (Fsp3) is 0.188. The van der Waals surface area contributed by atoms with E-state index in [1.165, 1.54) is 35.2 Å². The Hall–Kier alpha value is -1.97. The smallest absolute Gasteiger partial charge is 0.233 e. The second kappa shape index (κ2) is 8.41. The second-order valence-electron chi connectivity index (χ2n) is 5.13. The largest absolute Gasteiger partial charge is 0.340 e. The number of nitrogens with zero attached hydrogens (tertiary/aromatic N) is 3. The fourth-order valence-electron chi connectivity index (χ4n) is 1.97. The molecule has 2 aromatic heterocycles. The minimum absolute atomic E-state index is 0.0354. The van der Waals surface area contributed by atoms with Gasteiger partial charge >= 0.3 is 0 Å². The summed E-state index contributed by atoms with van der Waals surface area (Å²) in [7, 11) is 1.79. The Morgan fingerprint density at radius 2 is 2.20 bits per heavy atom. The van der Waals surface area contributed by atoms with Gasteiger partial charge in [0.25, 0.3) is 0 Å². The lowest BCUT2D eigenvalue weighted by molar-refractivity contribution is -0.127. The van der Waals surface area contributed by atoms with Crippen LogP contribution in [0, 0.1) is 5.82 Å². The van der Waals surface area contributed by atoms with Crippen molar-refractivity contribution in [1.29, 1.82) is 0 Å². The molecule has 0 radical (unpaired) electrons. The quantitative estimate of drug-likeness (QED) is 0.608. The van der Waals surface area contributed by atoms with Crippen LogP contribution in [0.5, 0.6) is 0 Å². The molecule has 1 N–H and O–H groups in total. The zero-order valence-electron chi connectivity index (χ0n) is 13.3. The van der Waals surface area contributed by atoms with Crippen LogP contribution in [0.2, 0.25) is 0 Å². The minimum Gasteiger partial charge on any atom is -0.340 e. The molecule has 0 spiro atoms. The normalized spacial score (nSPS) is 10.6. The number of anilines is 2. The van der Waals surface area contributed by atoms with E-state index >= 15 is 0 Å². The van der Waals surface area contributed by atoms with Crippen molar-refractivity contribution in [2.45, 2.75) is 10.9 Å².